The standard InChI is InChI=1S/C15H11F2NO/c16-12-3-4-14(17)13(6-12)15(19)9-1-2-10-7-18-8-11(10)5-9/h1-6,18H,7-8H2. The van der Waals surface area contributed by atoms with Crippen molar-refractivity contribution in [3.05, 3.63) is 70.3 Å². The fourth-order valence-electron chi connectivity index (χ4n) is 2.26. The van der Waals surface area contributed by atoms with Crippen LogP contribution in [0.25, 0.3) is 0 Å². The molecule has 1 N–H and O–H groups in total. The Kier molecular flexibility index (Phi) is 2.87. The van der Waals surface area contributed by atoms with Crippen LogP contribution in [0.3, 0.4) is 0 Å². The van der Waals surface area contributed by atoms with Gasteiger partial charge < -0.3 is 5.32 Å². The van der Waals surface area contributed by atoms with E-state index in [1.807, 2.05) is 6.07 Å². The van der Waals surface area contributed by atoms with Gasteiger partial charge in [-0.3, -0.25) is 4.79 Å². The van der Waals surface area contributed by atoms with Gasteiger partial charge in [0.1, 0.15) is 11.6 Å². The van der Waals surface area contributed by atoms with Gasteiger partial charge in [0.25, 0.3) is 0 Å². The third kappa shape index (κ3) is 2.15. The van der Waals surface area contributed by atoms with Crippen molar-refractivity contribution < 1.29 is 13.6 Å². The number of benzene rings is 2. The quantitative estimate of drug-likeness (QED) is 0.840. The molecule has 19 heavy (non-hydrogen) atoms. The Morgan fingerprint density at radius 3 is 2.63 bits per heavy atom. The first-order valence-electron chi connectivity index (χ1n) is 5.97. The lowest BCUT2D eigenvalue weighted by Gasteiger charge is -2.05. The molecular formula is C15H11F2NO. The van der Waals surface area contributed by atoms with E-state index in [9.17, 15) is 13.6 Å². The molecule has 0 aliphatic carbocycles. The lowest BCUT2D eigenvalue weighted by Crippen LogP contribution is -2.05. The van der Waals surface area contributed by atoms with E-state index in [2.05, 4.69) is 5.32 Å². The predicted molar refractivity (Wildman–Crippen MR) is 66.8 cm³/mol. The zero-order valence-corrected chi connectivity index (χ0v) is 10.0. The fourth-order valence-corrected chi connectivity index (χ4v) is 2.26. The fraction of sp³-hybridized carbons (Fsp3) is 0.133. The van der Waals surface area contributed by atoms with Crippen LogP contribution in [-0.4, -0.2) is 5.78 Å². The zero-order valence-electron chi connectivity index (χ0n) is 10.0. The third-order valence-corrected chi connectivity index (χ3v) is 3.27. The molecule has 0 radical (unpaired) electrons. The second kappa shape index (κ2) is 4.55. The molecule has 0 saturated carbocycles. The second-order valence-corrected chi connectivity index (χ2v) is 4.54. The lowest BCUT2D eigenvalue weighted by atomic mass is 9.99. The number of ketones is 1. The molecule has 3 rings (SSSR count). The van der Waals surface area contributed by atoms with Crippen molar-refractivity contribution in [2.24, 2.45) is 0 Å². The Morgan fingerprint density at radius 1 is 1.00 bits per heavy atom. The molecule has 0 bridgehead atoms. The van der Waals surface area contributed by atoms with Gasteiger partial charge in [-0.2, -0.15) is 0 Å². The first kappa shape index (κ1) is 12.0. The predicted octanol–water partition coefficient (Wildman–Crippen LogP) is 2.80. The summed E-state index contributed by atoms with van der Waals surface area (Å²) in [5.41, 5.74) is 2.32. The summed E-state index contributed by atoms with van der Waals surface area (Å²) in [4.78, 5) is 12.2. The van der Waals surface area contributed by atoms with Crippen LogP contribution in [0.1, 0.15) is 27.0 Å². The van der Waals surface area contributed by atoms with Gasteiger partial charge in [0.05, 0.1) is 5.56 Å². The number of carbonyl (C=O) groups excluding carboxylic acids is 1. The van der Waals surface area contributed by atoms with Crippen molar-refractivity contribution in [2.75, 3.05) is 0 Å². The summed E-state index contributed by atoms with van der Waals surface area (Å²) in [5.74, 6) is -1.82. The Morgan fingerprint density at radius 2 is 1.79 bits per heavy atom. The summed E-state index contributed by atoms with van der Waals surface area (Å²) >= 11 is 0. The summed E-state index contributed by atoms with van der Waals surface area (Å²) in [7, 11) is 0. The van der Waals surface area contributed by atoms with E-state index in [4.69, 9.17) is 0 Å². The van der Waals surface area contributed by atoms with E-state index in [1.165, 1.54) is 0 Å². The molecule has 1 heterocycles. The second-order valence-electron chi connectivity index (χ2n) is 4.54. The van der Waals surface area contributed by atoms with Crippen LogP contribution in [0.4, 0.5) is 8.78 Å². The Hall–Kier alpha value is -2.07. The van der Waals surface area contributed by atoms with E-state index in [-0.39, 0.29) is 5.56 Å². The molecule has 0 saturated heterocycles. The summed E-state index contributed by atoms with van der Waals surface area (Å²) in [5, 5.41) is 3.17. The maximum atomic E-state index is 13.6. The van der Waals surface area contributed by atoms with Gasteiger partial charge in [-0.25, -0.2) is 8.78 Å². The molecule has 2 aromatic rings. The van der Waals surface area contributed by atoms with Gasteiger partial charge >= 0.3 is 0 Å². The highest BCUT2D eigenvalue weighted by molar-refractivity contribution is 6.09. The zero-order chi connectivity index (χ0) is 13.4. The van der Waals surface area contributed by atoms with Crippen LogP contribution in [0.2, 0.25) is 0 Å². The van der Waals surface area contributed by atoms with E-state index in [1.54, 1.807) is 12.1 Å². The minimum Gasteiger partial charge on any atom is -0.309 e. The molecule has 1 aliphatic heterocycles. The van der Waals surface area contributed by atoms with Crippen molar-refractivity contribution in [1.82, 2.24) is 5.32 Å². The molecule has 0 aromatic heterocycles. The van der Waals surface area contributed by atoms with Crippen LogP contribution in [0.5, 0.6) is 0 Å². The van der Waals surface area contributed by atoms with Crippen molar-refractivity contribution in [1.29, 1.82) is 0 Å². The molecule has 0 spiro atoms. The Labute approximate surface area is 109 Å². The monoisotopic (exact) mass is 259 g/mol. The number of hydrogen-bond donors (Lipinski definition) is 1. The lowest BCUT2D eigenvalue weighted by molar-refractivity contribution is 0.103. The van der Waals surface area contributed by atoms with E-state index >= 15 is 0 Å². The Bertz CT molecular complexity index is 667. The van der Waals surface area contributed by atoms with Crippen LogP contribution in [0, 0.1) is 11.6 Å². The van der Waals surface area contributed by atoms with Gasteiger partial charge in [-0.05, 0) is 35.4 Å². The maximum Gasteiger partial charge on any atom is 0.196 e. The highest BCUT2D eigenvalue weighted by atomic mass is 19.1. The summed E-state index contributed by atoms with van der Waals surface area (Å²) in [6.45, 7) is 1.47. The molecule has 2 aromatic carbocycles. The first-order valence-corrected chi connectivity index (χ1v) is 5.97. The summed E-state index contributed by atoms with van der Waals surface area (Å²) in [6.07, 6.45) is 0. The van der Waals surface area contributed by atoms with Crippen molar-refractivity contribution in [3.8, 4) is 0 Å². The SMILES string of the molecule is O=C(c1ccc2c(c1)CNC2)c1cc(F)ccc1F. The van der Waals surface area contributed by atoms with Crippen LogP contribution in [-0.2, 0) is 13.1 Å². The number of rotatable bonds is 2. The molecule has 0 atom stereocenters. The van der Waals surface area contributed by atoms with Crippen molar-refractivity contribution in [3.63, 3.8) is 0 Å². The van der Waals surface area contributed by atoms with E-state index < -0.39 is 17.4 Å². The van der Waals surface area contributed by atoms with Gasteiger partial charge in [0, 0.05) is 18.7 Å². The number of halogens is 2. The molecule has 1 aliphatic rings. The average molecular weight is 259 g/mol. The number of carbonyl (C=O) groups is 1. The molecule has 0 unspecified atom stereocenters. The minimum atomic E-state index is -0.704. The van der Waals surface area contributed by atoms with Gasteiger partial charge in [0.2, 0.25) is 0 Å². The van der Waals surface area contributed by atoms with Gasteiger partial charge in [0.15, 0.2) is 5.78 Å². The van der Waals surface area contributed by atoms with Crippen LogP contribution in [0.15, 0.2) is 36.4 Å². The number of hydrogen-bond acceptors (Lipinski definition) is 2. The van der Waals surface area contributed by atoms with Crippen LogP contribution >= 0.6 is 0 Å². The van der Waals surface area contributed by atoms with Crippen molar-refractivity contribution in [2.45, 2.75) is 13.1 Å². The first-order chi connectivity index (χ1) is 9.15. The molecule has 2 nitrogen and oxygen atoms in total. The highest BCUT2D eigenvalue weighted by Gasteiger charge is 2.17. The van der Waals surface area contributed by atoms with E-state index in [0.29, 0.717) is 12.1 Å². The van der Waals surface area contributed by atoms with Gasteiger partial charge in [-0.15, -0.1) is 0 Å². The largest absolute Gasteiger partial charge is 0.309 e. The molecule has 0 fully saturated rings. The molecule has 96 valence electrons. The minimum absolute atomic E-state index is 0.231. The molecular weight excluding hydrogens is 248 g/mol. The topological polar surface area (TPSA) is 29.1 Å². The number of nitrogens with one attached hydrogen (secondary N) is 1. The number of fused-ring (bicyclic) bond motifs is 1. The third-order valence-electron chi connectivity index (χ3n) is 3.27. The van der Waals surface area contributed by atoms with E-state index in [0.717, 1.165) is 35.9 Å². The normalized spacial score (nSPS) is 13.4. The average Bonchev–Trinajstić information content (AvgIpc) is 2.88. The Balaban J connectivity index is 2.02. The molecule has 4 heteroatoms. The molecule has 0 amide bonds. The maximum absolute atomic E-state index is 13.6. The smallest absolute Gasteiger partial charge is 0.196 e. The highest BCUT2D eigenvalue weighted by Crippen LogP contribution is 2.20. The van der Waals surface area contributed by atoms with Crippen molar-refractivity contribution >= 4 is 5.78 Å². The summed E-state index contributed by atoms with van der Waals surface area (Å²) in [6, 6.07) is 8.14. The van der Waals surface area contributed by atoms with Gasteiger partial charge in [-0.1, -0.05) is 12.1 Å². The van der Waals surface area contributed by atoms with Crippen LogP contribution < -0.4 is 5.32 Å². The summed E-state index contributed by atoms with van der Waals surface area (Å²) < 4.78 is 26.7.